The molecule has 0 bridgehead atoms. The summed E-state index contributed by atoms with van der Waals surface area (Å²) in [6.45, 7) is 13.1. The number of hydrogen-bond donors (Lipinski definition) is 0. The molecule has 1 saturated heterocycles. The van der Waals surface area contributed by atoms with Gasteiger partial charge in [-0.25, -0.2) is 0 Å². The van der Waals surface area contributed by atoms with Crippen molar-refractivity contribution in [2.45, 2.75) is 52.7 Å². The van der Waals surface area contributed by atoms with E-state index in [1.54, 1.807) is 0 Å². The van der Waals surface area contributed by atoms with E-state index in [-0.39, 0.29) is 23.7 Å². The van der Waals surface area contributed by atoms with Gasteiger partial charge < -0.3 is 9.31 Å². The fourth-order valence-electron chi connectivity index (χ4n) is 6.25. The minimum absolute atomic E-state index is 0.0927. The Hall–Kier alpha value is -3.14. The monoisotopic (exact) mass is 470 g/mol. The van der Waals surface area contributed by atoms with Crippen molar-refractivity contribution in [1.82, 2.24) is 0 Å². The Morgan fingerprint density at radius 1 is 0.639 bits per heavy atom. The number of fused-ring (bicyclic) bond motifs is 8. The predicted molar refractivity (Wildman–Crippen MR) is 152 cm³/mol. The van der Waals surface area contributed by atoms with Crippen molar-refractivity contribution in [2.24, 2.45) is 5.41 Å². The minimum Gasteiger partial charge on any atom is -0.399 e. The first-order valence-electron chi connectivity index (χ1n) is 13.0. The fourth-order valence-corrected chi connectivity index (χ4v) is 6.25. The Kier molecular flexibility index (Phi) is 4.29. The Morgan fingerprint density at radius 2 is 1.14 bits per heavy atom. The lowest BCUT2D eigenvalue weighted by atomic mass is 9.66. The maximum absolute atomic E-state index is 6.51. The van der Waals surface area contributed by atoms with Gasteiger partial charge in [0.25, 0.3) is 0 Å². The van der Waals surface area contributed by atoms with E-state index in [0.717, 1.165) is 5.47 Å². The molecule has 0 radical (unpaired) electrons. The molecular weight excluding hydrogens is 439 g/mol. The summed E-state index contributed by atoms with van der Waals surface area (Å²) in [4.78, 5) is 0. The van der Waals surface area contributed by atoms with Crippen molar-refractivity contribution in [1.29, 1.82) is 0 Å². The average Bonchev–Trinajstić information content (AvgIpc) is 3.32. The zero-order valence-corrected chi connectivity index (χ0v) is 21.9. The topological polar surface area (TPSA) is 18.5 Å². The molecule has 1 fully saturated rings. The van der Waals surface area contributed by atoms with Gasteiger partial charge in [-0.1, -0.05) is 74.5 Å². The second-order valence-corrected chi connectivity index (χ2v) is 12.1. The van der Waals surface area contributed by atoms with E-state index < -0.39 is 0 Å². The normalized spacial score (nSPS) is 21.4. The van der Waals surface area contributed by atoms with Gasteiger partial charge in [0.2, 0.25) is 0 Å². The molecule has 0 saturated carbocycles. The van der Waals surface area contributed by atoms with E-state index in [9.17, 15) is 0 Å². The van der Waals surface area contributed by atoms with Gasteiger partial charge in [-0.15, -0.1) is 0 Å². The van der Waals surface area contributed by atoms with Crippen molar-refractivity contribution in [3.8, 4) is 0 Å². The Bertz CT molecular complexity index is 1800. The summed E-state index contributed by atoms with van der Waals surface area (Å²) in [5.41, 5.74) is 2.90. The summed E-state index contributed by atoms with van der Waals surface area (Å²) < 4.78 is 13.0. The van der Waals surface area contributed by atoms with Crippen LogP contribution in [-0.2, 0) is 9.31 Å². The lowest BCUT2D eigenvalue weighted by Gasteiger charge is -2.32. The van der Waals surface area contributed by atoms with Gasteiger partial charge in [0.15, 0.2) is 0 Å². The van der Waals surface area contributed by atoms with E-state index >= 15 is 0 Å². The van der Waals surface area contributed by atoms with Crippen LogP contribution in [0.2, 0.25) is 0 Å². The van der Waals surface area contributed by atoms with Crippen molar-refractivity contribution >= 4 is 51.1 Å². The van der Waals surface area contributed by atoms with Crippen molar-refractivity contribution in [3.05, 3.63) is 94.3 Å². The van der Waals surface area contributed by atoms with Gasteiger partial charge in [0, 0.05) is 5.41 Å². The summed E-state index contributed by atoms with van der Waals surface area (Å²) in [6, 6.07) is 22.4. The van der Waals surface area contributed by atoms with Crippen LogP contribution >= 0.6 is 0 Å². The maximum atomic E-state index is 6.51. The third-order valence-electron chi connectivity index (χ3n) is 8.89. The molecule has 4 aromatic carbocycles. The zero-order valence-electron chi connectivity index (χ0n) is 21.9. The maximum Gasteiger partial charge on any atom is 0.495 e. The van der Waals surface area contributed by atoms with Gasteiger partial charge in [-0.3, -0.25) is 0 Å². The first kappa shape index (κ1) is 22.1. The Labute approximate surface area is 212 Å². The third-order valence-corrected chi connectivity index (χ3v) is 8.89. The molecular formula is C33H31BO2. The molecule has 3 aliphatic rings. The van der Waals surface area contributed by atoms with Crippen LogP contribution in [0.25, 0.3) is 44.0 Å². The number of rotatable bonds is 1. The molecule has 2 nitrogen and oxygen atoms in total. The molecule has 0 spiro atoms. The van der Waals surface area contributed by atoms with Crippen LogP contribution in [0.4, 0.5) is 0 Å². The highest BCUT2D eigenvalue weighted by Gasteiger charge is 2.53. The van der Waals surface area contributed by atoms with E-state index in [1.165, 1.54) is 53.9 Å². The highest BCUT2D eigenvalue weighted by Crippen LogP contribution is 2.46. The van der Waals surface area contributed by atoms with Crippen LogP contribution < -0.4 is 10.4 Å². The minimum atomic E-state index is -0.381. The molecule has 4 aromatic rings. The summed E-state index contributed by atoms with van der Waals surface area (Å²) in [6.07, 6.45) is 6.91. The van der Waals surface area contributed by atoms with E-state index in [1.807, 2.05) is 0 Å². The smallest absolute Gasteiger partial charge is 0.399 e. The number of benzene rings is 4. The Balaban J connectivity index is 1.58. The Morgan fingerprint density at radius 3 is 1.69 bits per heavy atom. The van der Waals surface area contributed by atoms with Gasteiger partial charge in [0.1, 0.15) is 0 Å². The van der Waals surface area contributed by atoms with Crippen LogP contribution in [0.3, 0.4) is 0 Å². The van der Waals surface area contributed by atoms with E-state index in [4.69, 9.17) is 9.31 Å². The average molecular weight is 470 g/mol. The quantitative estimate of drug-likeness (QED) is 0.230. The molecule has 2 aliphatic carbocycles. The largest absolute Gasteiger partial charge is 0.495 e. The second-order valence-electron chi connectivity index (χ2n) is 12.1. The molecule has 3 heteroatoms. The van der Waals surface area contributed by atoms with Crippen molar-refractivity contribution in [2.75, 3.05) is 0 Å². The molecule has 0 unspecified atom stereocenters. The van der Waals surface area contributed by atoms with Crippen LogP contribution in [0.5, 0.6) is 0 Å². The van der Waals surface area contributed by atoms with Crippen molar-refractivity contribution < 1.29 is 9.31 Å². The summed E-state index contributed by atoms with van der Waals surface area (Å²) in [7, 11) is -0.381. The van der Waals surface area contributed by atoms with Gasteiger partial charge in [0.05, 0.1) is 11.2 Å². The predicted octanol–water partition coefficient (Wildman–Crippen LogP) is 6.62. The summed E-state index contributed by atoms with van der Waals surface area (Å²) in [5.74, 6) is 0. The fraction of sp³-hybridized carbons (Fsp3) is 0.273. The molecule has 7 rings (SSSR count). The lowest BCUT2D eigenvalue weighted by molar-refractivity contribution is 0.00578. The highest BCUT2D eigenvalue weighted by atomic mass is 16.7. The molecule has 0 aromatic heterocycles. The van der Waals surface area contributed by atoms with E-state index in [2.05, 4.69) is 120 Å². The highest BCUT2D eigenvalue weighted by molar-refractivity contribution is 6.56. The molecule has 178 valence electrons. The standard InChI is InChI=1S/C33H31BO2/c1-31(2)16-15-29(34-35-32(3,4)33(5,6)36-34)28-18-20-17-26-23-13-9-7-11-21(23)22-12-8-10-14-24(22)27(26)19-25(20)30(28)31/h7-19H,1-6H3. The third kappa shape index (κ3) is 2.87. The van der Waals surface area contributed by atoms with Crippen LogP contribution in [0, 0.1) is 5.41 Å². The summed E-state index contributed by atoms with van der Waals surface area (Å²) >= 11 is 0. The molecule has 36 heavy (non-hydrogen) atoms. The molecule has 0 amide bonds. The molecule has 1 aliphatic heterocycles. The van der Waals surface area contributed by atoms with E-state index in [0.29, 0.717) is 0 Å². The van der Waals surface area contributed by atoms with Gasteiger partial charge >= 0.3 is 7.12 Å². The van der Waals surface area contributed by atoms with Crippen LogP contribution in [0.1, 0.15) is 41.5 Å². The lowest BCUT2D eigenvalue weighted by Crippen LogP contribution is -2.41. The van der Waals surface area contributed by atoms with Gasteiger partial charge in [-0.2, -0.15) is 0 Å². The first-order valence-corrected chi connectivity index (χ1v) is 13.0. The summed E-state index contributed by atoms with van der Waals surface area (Å²) in [5, 5.41) is 10.4. The van der Waals surface area contributed by atoms with Crippen LogP contribution in [0.15, 0.2) is 83.9 Å². The molecule has 1 heterocycles. The number of allylic oxidation sites excluding steroid dienone is 4. The molecule has 0 atom stereocenters. The second kappa shape index (κ2) is 7.00. The SMILES string of the molecule is CC1(C)C=CC(B2OC(C)(C)C(C)(C)O2)=C2C=c3cc4c5ccccc5c5ccccc5c4cc3=C21. The molecule has 0 N–H and O–H groups in total. The van der Waals surface area contributed by atoms with Crippen LogP contribution in [-0.4, -0.2) is 18.3 Å². The first-order chi connectivity index (χ1) is 17.1. The zero-order chi connectivity index (χ0) is 25.0. The van der Waals surface area contributed by atoms with Crippen molar-refractivity contribution in [3.63, 3.8) is 0 Å². The number of hydrogen-bond acceptors (Lipinski definition) is 2. The van der Waals surface area contributed by atoms with Gasteiger partial charge in [-0.05, 0) is 105 Å².